The van der Waals surface area contributed by atoms with Crippen LogP contribution in [-0.4, -0.2) is 90.3 Å². The lowest BCUT2D eigenvalue weighted by molar-refractivity contribution is -0.189. The van der Waals surface area contributed by atoms with Crippen molar-refractivity contribution in [2.24, 2.45) is 0 Å². The number of amides is 4. The Kier molecular flexibility index (Phi) is 9.51. The summed E-state index contributed by atoms with van der Waals surface area (Å²) in [6.45, 7) is 2.92. The molecule has 0 saturated carbocycles. The minimum atomic E-state index is -0.676. The Hall–Kier alpha value is -4.23. The fourth-order valence-electron chi connectivity index (χ4n) is 5.34. The number of carbonyl (C=O) groups is 3. The van der Waals surface area contributed by atoms with Gasteiger partial charge in [-0.15, -0.1) is 6.42 Å². The number of hydrazine groups is 1. The molecule has 4 amide bonds. The number of hydrogen-bond donors (Lipinski definition) is 1. The summed E-state index contributed by atoms with van der Waals surface area (Å²) >= 11 is 0. The molecule has 10 nitrogen and oxygen atoms in total. The van der Waals surface area contributed by atoms with E-state index in [1.54, 1.807) is 29.0 Å². The number of ether oxygens (including phenoxy) is 2. The third kappa shape index (κ3) is 6.15. The average molecular weight is 548 g/mol. The van der Waals surface area contributed by atoms with Gasteiger partial charge in [0.15, 0.2) is 11.5 Å². The van der Waals surface area contributed by atoms with E-state index in [1.165, 1.54) is 5.01 Å². The molecule has 2 atom stereocenters. The average Bonchev–Trinajstić information content (AvgIpc) is 2.97. The minimum Gasteiger partial charge on any atom is -0.493 e. The highest BCUT2D eigenvalue weighted by Crippen LogP contribution is 2.30. The summed E-state index contributed by atoms with van der Waals surface area (Å²) in [6.07, 6.45) is 6.73. The van der Waals surface area contributed by atoms with E-state index in [4.69, 9.17) is 15.9 Å². The molecular formula is C30H37N5O5. The highest BCUT2D eigenvalue weighted by Gasteiger charge is 2.50. The zero-order valence-corrected chi connectivity index (χ0v) is 23.3. The molecule has 0 bridgehead atoms. The molecule has 10 heteroatoms. The molecular weight excluding hydrogens is 510 g/mol. The van der Waals surface area contributed by atoms with Crippen LogP contribution in [0.15, 0.2) is 48.5 Å². The van der Waals surface area contributed by atoms with Crippen LogP contribution in [0.3, 0.4) is 0 Å². The van der Waals surface area contributed by atoms with Crippen molar-refractivity contribution in [1.82, 2.24) is 25.1 Å². The highest BCUT2D eigenvalue weighted by atomic mass is 16.5. The fraction of sp³-hybridized carbons (Fsp3) is 0.433. The summed E-state index contributed by atoms with van der Waals surface area (Å²) in [5.74, 6) is 3.49. The van der Waals surface area contributed by atoms with E-state index in [0.717, 1.165) is 11.1 Å². The van der Waals surface area contributed by atoms with Crippen LogP contribution in [0, 0.1) is 12.3 Å². The Bertz CT molecular complexity index is 1250. The first kappa shape index (κ1) is 28.8. The summed E-state index contributed by atoms with van der Waals surface area (Å²) in [6, 6.07) is 14.2. The Morgan fingerprint density at radius 2 is 1.82 bits per heavy atom. The number of rotatable bonds is 10. The molecule has 2 fully saturated rings. The minimum absolute atomic E-state index is 0.0708. The van der Waals surface area contributed by atoms with E-state index in [9.17, 15) is 14.4 Å². The lowest BCUT2D eigenvalue weighted by atomic mass is 10.0. The van der Waals surface area contributed by atoms with Crippen LogP contribution in [0.2, 0.25) is 0 Å². The Morgan fingerprint density at radius 1 is 1.07 bits per heavy atom. The second-order valence-electron chi connectivity index (χ2n) is 9.83. The third-order valence-corrected chi connectivity index (χ3v) is 7.28. The van der Waals surface area contributed by atoms with Gasteiger partial charge in [0.25, 0.3) is 0 Å². The lowest BCUT2D eigenvalue weighted by Gasteiger charge is -2.55. The molecule has 0 aromatic heterocycles. The Morgan fingerprint density at radius 3 is 2.50 bits per heavy atom. The molecule has 0 spiro atoms. The monoisotopic (exact) mass is 547 g/mol. The number of urea groups is 1. The number of carbonyl (C=O) groups excluding carboxylic acids is 3. The van der Waals surface area contributed by atoms with Crippen LogP contribution in [0.1, 0.15) is 30.9 Å². The van der Waals surface area contributed by atoms with Gasteiger partial charge in [-0.3, -0.25) is 9.59 Å². The molecule has 212 valence electrons. The van der Waals surface area contributed by atoms with Crippen molar-refractivity contribution in [3.63, 3.8) is 0 Å². The summed E-state index contributed by atoms with van der Waals surface area (Å²) in [5.41, 5.74) is 1.93. The van der Waals surface area contributed by atoms with Gasteiger partial charge in [-0.25, -0.2) is 9.80 Å². The van der Waals surface area contributed by atoms with Crippen molar-refractivity contribution < 1.29 is 23.9 Å². The number of hydrogen-bond acceptors (Lipinski definition) is 6. The molecule has 40 heavy (non-hydrogen) atoms. The standard InChI is InChI=1S/C30H37N5O5/c1-5-10-24-29(37)32(17-15-22-13-14-25(39-3)26(18-22)40-4)20-27-34(24)28(36)21-33(16-6-2)35(27)30(38)31-19-23-11-8-7-9-12-23/h2,7-9,11-14,18,24,27H,5,10,15-17,19-21H2,1,3-4H3,(H,31,38)/t24-,27-/m0/s1. The molecule has 4 rings (SSSR count). The topological polar surface area (TPSA) is 94.7 Å². The van der Waals surface area contributed by atoms with E-state index < -0.39 is 12.2 Å². The number of piperazine rings is 1. The van der Waals surface area contributed by atoms with Crippen LogP contribution in [0.25, 0.3) is 0 Å². The molecule has 2 aliphatic rings. The first-order valence-corrected chi connectivity index (χ1v) is 13.5. The Balaban J connectivity index is 1.59. The number of methoxy groups -OCH3 is 2. The van der Waals surface area contributed by atoms with E-state index >= 15 is 0 Å². The maximum Gasteiger partial charge on any atom is 0.334 e. The zero-order valence-electron chi connectivity index (χ0n) is 23.3. The zero-order chi connectivity index (χ0) is 28.6. The van der Waals surface area contributed by atoms with Gasteiger partial charge < -0.3 is 24.6 Å². The first-order valence-electron chi connectivity index (χ1n) is 13.5. The van der Waals surface area contributed by atoms with Crippen molar-refractivity contribution in [1.29, 1.82) is 0 Å². The van der Waals surface area contributed by atoms with Crippen molar-refractivity contribution in [2.75, 3.05) is 40.4 Å². The maximum absolute atomic E-state index is 13.7. The summed E-state index contributed by atoms with van der Waals surface area (Å²) in [7, 11) is 3.17. The molecule has 2 aromatic rings. The van der Waals surface area contributed by atoms with Gasteiger partial charge >= 0.3 is 6.03 Å². The van der Waals surface area contributed by atoms with Crippen molar-refractivity contribution >= 4 is 17.8 Å². The second kappa shape index (κ2) is 13.2. The van der Waals surface area contributed by atoms with Gasteiger partial charge in [0, 0.05) is 13.1 Å². The van der Waals surface area contributed by atoms with Crippen LogP contribution in [0.4, 0.5) is 4.79 Å². The van der Waals surface area contributed by atoms with Gasteiger partial charge in [0.05, 0.1) is 33.9 Å². The van der Waals surface area contributed by atoms with Crippen LogP contribution < -0.4 is 14.8 Å². The van der Waals surface area contributed by atoms with E-state index in [1.807, 2.05) is 55.5 Å². The molecule has 0 radical (unpaired) electrons. The normalized spacial score (nSPS) is 19.2. The molecule has 2 aliphatic heterocycles. The van der Waals surface area contributed by atoms with Gasteiger partial charge in [-0.05, 0) is 36.1 Å². The molecule has 1 N–H and O–H groups in total. The molecule has 2 heterocycles. The first-order chi connectivity index (χ1) is 19.4. The van der Waals surface area contributed by atoms with Crippen LogP contribution in [0.5, 0.6) is 11.5 Å². The van der Waals surface area contributed by atoms with Crippen molar-refractivity contribution in [2.45, 2.75) is 44.9 Å². The van der Waals surface area contributed by atoms with Crippen LogP contribution >= 0.6 is 0 Å². The van der Waals surface area contributed by atoms with Gasteiger partial charge in [-0.2, -0.15) is 5.01 Å². The van der Waals surface area contributed by atoms with Crippen molar-refractivity contribution in [3.05, 3.63) is 59.7 Å². The predicted octanol–water partition coefficient (Wildman–Crippen LogP) is 2.49. The lowest BCUT2D eigenvalue weighted by Crippen LogP contribution is -2.76. The van der Waals surface area contributed by atoms with Crippen LogP contribution in [-0.2, 0) is 22.6 Å². The quantitative estimate of drug-likeness (QED) is 0.460. The van der Waals surface area contributed by atoms with E-state index in [0.29, 0.717) is 43.9 Å². The maximum atomic E-state index is 13.7. The third-order valence-electron chi connectivity index (χ3n) is 7.28. The predicted molar refractivity (Wildman–Crippen MR) is 150 cm³/mol. The smallest absolute Gasteiger partial charge is 0.334 e. The highest BCUT2D eigenvalue weighted by molar-refractivity contribution is 5.91. The molecule has 2 aromatic carbocycles. The van der Waals surface area contributed by atoms with Gasteiger partial charge in [0.2, 0.25) is 11.8 Å². The molecule has 0 aliphatic carbocycles. The van der Waals surface area contributed by atoms with E-state index in [-0.39, 0.29) is 37.5 Å². The molecule has 0 unspecified atom stereocenters. The second-order valence-corrected chi connectivity index (χ2v) is 9.83. The number of nitrogens with one attached hydrogen (secondary N) is 1. The van der Waals surface area contributed by atoms with Gasteiger partial charge in [-0.1, -0.05) is 55.7 Å². The number of terminal acetylenes is 1. The van der Waals surface area contributed by atoms with Gasteiger partial charge in [0.1, 0.15) is 12.2 Å². The van der Waals surface area contributed by atoms with Crippen molar-refractivity contribution in [3.8, 4) is 23.8 Å². The Labute approximate surface area is 235 Å². The fourth-order valence-corrected chi connectivity index (χ4v) is 5.34. The van der Waals surface area contributed by atoms with E-state index in [2.05, 4.69) is 11.2 Å². The number of nitrogens with zero attached hydrogens (tertiary/aromatic N) is 4. The number of fused-ring (bicyclic) bond motifs is 1. The summed E-state index contributed by atoms with van der Waals surface area (Å²) < 4.78 is 10.8. The summed E-state index contributed by atoms with van der Waals surface area (Å²) in [5, 5.41) is 6.09. The molecule has 2 saturated heterocycles. The SMILES string of the molecule is C#CCN1CC(=O)N2[C@@H](CCC)C(=O)N(CCc3ccc(OC)c(OC)c3)C[C@@H]2N1C(=O)NCc1ccccc1. The largest absolute Gasteiger partial charge is 0.493 e. The summed E-state index contributed by atoms with van der Waals surface area (Å²) in [4.78, 5) is 44.0. The number of benzene rings is 2.